The summed E-state index contributed by atoms with van der Waals surface area (Å²) in [5.74, 6) is 0.318. The summed E-state index contributed by atoms with van der Waals surface area (Å²) in [6, 6.07) is 0. The molecule has 0 bridgehead atoms. The third-order valence-electron chi connectivity index (χ3n) is 3.29. The van der Waals surface area contributed by atoms with Gasteiger partial charge in [-0.1, -0.05) is 13.8 Å². The molecule has 2 rings (SSSR count). The molecule has 0 radical (unpaired) electrons. The number of aromatic nitrogens is 2. The van der Waals surface area contributed by atoms with Crippen molar-refractivity contribution in [3.8, 4) is 0 Å². The number of nitrogens with one attached hydrogen (secondary N) is 1. The molecule has 0 aliphatic heterocycles. The van der Waals surface area contributed by atoms with Gasteiger partial charge < -0.3 is 10.7 Å². The highest BCUT2D eigenvalue weighted by molar-refractivity contribution is 5.20. The van der Waals surface area contributed by atoms with Gasteiger partial charge in [-0.05, 0) is 37.2 Å². The number of aryl methyl sites for hydroxylation is 1. The Hall–Kier alpha value is -1.16. The molecule has 1 aliphatic rings. The molecular weight excluding hydrogens is 202 g/mol. The van der Waals surface area contributed by atoms with Crippen LogP contribution in [0.3, 0.4) is 0 Å². The summed E-state index contributed by atoms with van der Waals surface area (Å²) in [7, 11) is 0. The van der Waals surface area contributed by atoms with E-state index in [-0.39, 0.29) is 11.2 Å². The predicted octanol–water partition coefficient (Wildman–Crippen LogP) is 1.32. The van der Waals surface area contributed by atoms with Crippen LogP contribution in [0.15, 0.2) is 11.0 Å². The third kappa shape index (κ3) is 2.50. The van der Waals surface area contributed by atoms with E-state index in [4.69, 9.17) is 5.73 Å². The van der Waals surface area contributed by atoms with Crippen LogP contribution in [0, 0.1) is 0 Å². The van der Waals surface area contributed by atoms with Crippen LogP contribution in [0.1, 0.15) is 50.3 Å². The minimum absolute atomic E-state index is 0.0599. The van der Waals surface area contributed by atoms with Crippen LogP contribution in [0.4, 0.5) is 0 Å². The van der Waals surface area contributed by atoms with Gasteiger partial charge in [0.05, 0.1) is 0 Å². The van der Waals surface area contributed by atoms with E-state index in [9.17, 15) is 4.79 Å². The second-order valence-corrected chi connectivity index (χ2v) is 5.14. The van der Waals surface area contributed by atoms with Gasteiger partial charge in [0.2, 0.25) is 0 Å². The molecule has 88 valence electrons. The highest BCUT2D eigenvalue weighted by Crippen LogP contribution is 2.36. The minimum Gasteiger partial charge on any atom is -0.325 e. The molecular formula is C12H19N3O. The Labute approximate surface area is 95.3 Å². The SMILES string of the molecule is CC(C)c1[nH]c(=O)ncc1CCC1(N)CC1. The Morgan fingerprint density at radius 2 is 2.25 bits per heavy atom. The van der Waals surface area contributed by atoms with Gasteiger partial charge in [-0.15, -0.1) is 0 Å². The van der Waals surface area contributed by atoms with E-state index >= 15 is 0 Å². The van der Waals surface area contributed by atoms with Crippen molar-refractivity contribution in [2.45, 2.75) is 51.0 Å². The van der Waals surface area contributed by atoms with E-state index in [0.717, 1.165) is 36.9 Å². The Morgan fingerprint density at radius 3 is 2.81 bits per heavy atom. The Kier molecular flexibility index (Phi) is 2.84. The van der Waals surface area contributed by atoms with Crippen molar-refractivity contribution < 1.29 is 0 Å². The van der Waals surface area contributed by atoms with E-state index < -0.39 is 0 Å². The van der Waals surface area contributed by atoms with E-state index in [1.807, 2.05) is 0 Å². The second-order valence-electron chi connectivity index (χ2n) is 5.14. The van der Waals surface area contributed by atoms with E-state index in [2.05, 4.69) is 23.8 Å². The van der Waals surface area contributed by atoms with Gasteiger partial charge in [-0.2, -0.15) is 0 Å². The maximum Gasteiger partial charge on any atom is 0.345 e. The fourth-order valence-corrected chi connectivity index (χ4v) is 1.94. The number of nitrogens with zero attached hydrogens (tertiary/aromatic N) is 1. The number of H-pyrrole nitrogens is 1. The molecule has 0 unspecified atom stereocenters. The molecule has 1 aliphatic carbocycles. The molecule has 1 saturated carbocycles. The standard InChI is InChI=1S/C12H19N3O/c1-8(2)10-9(7-14-11(16)15-10)3-4-12(13)5-6-12/h7-8H,3-6,13H2,1-2H3,(H,14,15,16). The highest BCUT2D eigenvalue weighted by atomic mass is 16.1. The smallest absolute Gasteiger partial charge is 0.325 e. The van der Waals surface area contributed by atoms with Gasteiger partial charge in [0.25, 0.3) is 0 Å². The molecule has 4 heteroatoms. The summed E-state index contributed by atoms with van der Waals surface area (Å²) in [5, 5.41) is 0. The lowest BCUT2D eigenvalue weighted by atomic mass is 9.99. The van der Waals surface area contributed by atoms with E-state index in [0.29, 0.717) is 5.92 Å². The zero-order valence-electron chi connectivity index (χ0n) is 9.92. The lowest BCUT2D eigenvalue weighted by molar-refractivity contribution is 0.601. The summed E-state index contributed by atoms with van der Waals surface area (Å²) in [6.07, 6.45) is 5.84. The Bertz CT molecular complexity index is 432. The summed E-state index contributed by atoms with van der Waals surface area (Å²) in [5.41, 5.74) is 7.99. The fraction of sp³-hybridized carbons (Fsp3) is 0.667. The van der Waals surface area contributed by atoms with Crippen molar-refractivity contribution in [2.24, 2.45) is 5.73 Å². The van der Waals surface area contributed by atoms with Gasteiger partial charge in [0, 0.05) is 17.4 Å². The van der Waals surface area contributed by atoms with E-state index in [1.54, 1.807) is 6.20 Å². The van der Waals surface area contributed by atoms with Crippen molar-refractivity contribution in [1.29, 1.82) is 0 Å². The molecule has 4 nitrogen and oxygen atoms in total. The van der Waals surface area contributed by atoms with Crippen molar-refractivity contribution in [2.75, 3.05) is 0 Å². The number of hydrogen-bond donors (Lipinski definition) is 2. The molecule has 1 aromatic heterocycles. The zero-order valence-corrected chi connectivity index (χ0v) is 9.92. The normalized spacial score (nSPS) is 17.8. The zero-order chi connectivity index (χ0) is 11.8. The van der Waals surface area contributed by atoms with Crippen molar-refractivity contribution >= 4 is 0 Å². The number of hydrogen-bond acceptors (Lipinski definition) is 3. The Morgan fingerprint density at radius 1 is 1.56 bits per heavy atom. The maximum absolute atomic E-state index is 11.2. The molecule has 0 aromatic carbocycles. The first-order valence-corrected chi connectivity index (χ1v) is 5.87. The quantitative estimate of drug-likeness (QED) is 0.805. The van der Waals surface area contributed by atoms with Gasteiger partial charge in [0.1, 0.15) is 0 Å². The molecule has 1 heterocycles. The molecule has 1 aromatic rings. The molecule has 3 N–H and O–H groups in total. The summed E-state index contributed by atoms with van der Waals surface area (Å²) in [6.45, 7) is 4.15. The van der Waals surface area contributed by atoms with Crippen LogP contribution in [0.25, 0.3) is 0 Å². The van der Waals surface area contributed by atoms with Crippen LogP contribution in [0.2, 0.25) is 0 Å². The maximum atomic E-state index is 11.2. The van der Waals surface area contributed by atoms with Crippen LogP contribution < -0.4 is 11.4 Å². The number of nitrogens with two attached hydrogens (primary N) is 1. The second kappa shape index (κ2) is 4.01. The highest BCUT2D eigenvalue weighted by Gasteiger charge is 2.37. The summed E-state index contributed by atoms with van der Waals surface area (Å²) in [4.78, 5) is 17.8. The first-order valence-electron chi connectivity index (χ1n) is 5.87. The molecule has 16 heavy (non-hydrogen) atoms. The molecule has 0 amide bonds. The molecule has 0 spiro atoms. The van der Waals surface area contributed by atoms with Gasteiger partial charge in [0.15, 0.2) is 0 Å². The van der Waals surface area contributed by atoms with Crippen LogP contribution in [-0.4, -0.2) is 15.5 Å². The van der Waals surface area contributed by atoms with Crippen molar-refractivity contribution in [1.82, 2.24) is 9.97 Å². The predicted molar refractivity (Wildman–Crippen MR) is 63.4 cm³/mol. The first-order chi connectivity index (χ1) is 7.50. The average molecular weight is 221 g/mol. The molecule has 0 saturated heterocycles. The molecule has 1 fully saturated rings. The van der Waals surface area contributed by atoms with E-state index in [1.165, 1.54) is 0 Å². The Balaban J connectivity index is 2.15. The topological polar surface area (TPSA) is 71.8 Å². The number of aromatic amines is 1. The van der Waals surface area contributed by atoms with Gasteiger partial charge in [-0.3, -0.25) is 0 Å². The van der Waals surface area contributed by atoms with Crippen molar-refractivity contribution in [3.05, 3.63) is 27.9 Å². The van der Waals surface area contributed by atoms with Gasteiger partial charge in [-0.25, -0.2) is 9.78 Å². The van der Waals surface area contributed by atoms with Crippen LogP contribution in [0.5, 0.6) is 0 Å². The first kappa shape index (κ1) is 11.3. The van der Waals surface area contributed by atoms with Gasteiger partial charge >= 0.3 is 5.69 Å². The van der Waals surface area contributed by atoms with Crippen LogP contribution >= 0.6 is 0 Å². The minimum atomic E-state index is -0.263. The fourth-order valence-electron chi connectivity index (χ4n) is 1.94. The molecule has 0 atom stereocenters. The monoisotopic (exact) mass is 221 g/mol. The largest absolute Gasteiger partial charge is 0.345 e. The lowest BCUT2D eigenvalue weighted by Gasteiger charge is -2.13. The third-order valence-corrected chi connectivity index (χ3v) is 3.29. The summed E-state index contributed by atoms with van der Waals surface area (Å²) < 4.78 is 0. The van der Waals surface area contributed by atoms with Crippen molar-refractivity contribution in [3.63, 3.8) is 0 Å². The lowest BCUT2D eigenvalue weighted by Crippen LogP contribution is -2.23. The average Bonchev–Trinajstić information content (AvgIpc) is 2.95. The van der Waals surface area contributed by atoms with Crippen LogP contribution in [-0.2, 0) is 6.42 Å². The summed E-state index contributed by atoms with van der Waals surface area (Å²) >= 11 is 0. The number of rotatable bonds is 4.